The first-order chi connectivity index (χ1) is 7.24. The van der Waals surface area contributed by atoms with Gasteiger partial charge < -0.3 is 0 Å². The van der Waals surface area contributed by atoms with Crippen LogP contribution in [0.1, 0.15) is 17.5 Å². The molecule has 1 aromatic rings. The van der Waals surface area contributed by atoms with Crippen LogP contribution in [0, 0.1) is 18.8 Å². The zero-order valence-corrected chi connectivity index (χ0v) is 9.12. The van der Waals surface area contributed by atoms with Crippen molar-refractivity contribution in [3.8, 4) is 11.8 Å². The van der Waals surface area contributed by atoms with Crippen LogP contribution in [0.25, 0.3) is 10.4 Å². The Morgan fingerprint density at radius 3 is 3.07 bits per heavy atom. The van der Waals surface area contributed by atoms with E-state index in [-0.39, 0.29) is 0 Å². The van der Waals surface area contributed by atoms with E-state index in [9.17, 15) is 0 Å². The number of aryl methyl sites for hydroxylation is 1. The minimum atomic E-state index is 0.406. The third-order valence-corrected chi connectivity index (χ3v) is 2.06. The van der Waals surface area contributed by atoms with Gasteiger partial charge in [-0.25, -0.2) is 0 Å². The van der Waals surface area contributed by atoms with Gasteiger partial charge in [0.05, 0.1) is 0 Å². The van der Waals surface area contributed by atoms with Gasteiger partial charge in [-0.3, -0.25) is 0 Å². The van der Waals surface area contributed by atoms with Crippen LogP contribution in [0.5, 0.6) is 0 Å². The lowest BCUT2D eigenvalue weighted by Gasteiger charge is -1.97. The SMILES string of the molecule is Cc1ccc(Cl)cc1C#CCCN=[N+]=[N-]. The van der Waals surface area contributed by atoms with Gasteiger partial charge in [-0.2, -0.15) is 0 Å². The molecule has 0 bridgehead atoms. The van der Waals surface area contributed by atoms with Gasteiger partial charge in [-0.1, -0.05) is 34.6 Å². The summed E-state index contributed by atoms with van der Waals surface area (Å²) < 4.78 is 0. The molecule has 0 amide bonds. The molecule has 0 aromatic heterocycles. The Morgan fingerprint density at radius 2 is 2.33 bits per heavy atom. The summed E-state index contributed by atoms with van der Waals surface area (Å²) in [5, 5.41) is 4.08. The van der Waals surface area contributed by atoms with Gasteiger partial charge >= 0.3 is 0 Å². The third kappa shape index (κ3) is 3.95. The van der Waals surface area contributed by atoms with Crippen molar-refractivity contribution in [2.45, 2.75) is 13.3 Å². The van der Waals surface area contributed by atoms with E-state index in [1.165, 1.54) is 0 Å². The minimum Gasteiger partial charge on any atom is -0.0978 e. The standard InChI is InChI=1S/C11H10ClN3/c1-9-5-6-11(12)8-10(9)4-2-3-7-14-15-13/h5-6,8H,3,7H2,1H3. The van der Waals surface area contributed by atoms with Crippen molar-refractivity contribution in [2.24, 2.45) is 5.11 Å². The molecule has 0 heterocycles. The van der Waals surface area contributed by atoms with E-state index in [1.807, 2.05) is 25.1 Å². The van der Waals surface area contributed by atoms with Crippen molar-refractivity contribution in [3.63, 3.8) is 0 Å². The van der Waals surface area contributed by atoms with E-state index >= 15 is 0 Å². The molecule has 0 aliphatic carbocycles. The van der Waals surface area contributed by atoms with Crippen LogP contribution < -0.4 is 0 Å². The molecule has 0 saturated heterocycles. The Morgan fingerprint density at radius 1 is 1.53 bits per heavy atom. The quantitative estimate of drug-likeness (QED) is 0.239. The molecule has 0 radical (unpaired) electrons. The first kappa shape index (κ1) is 11.5. The zero-order chi connectivity index (χ0) is 11.1. The summed E-state index contributed by atoms with van der Waals surface area (Å²) in [6.07, 6.45) is 0.565. The van der Waals surface area contributed by atoms with Gasteiger partial charge in [0.2, 0.25) is 0 Å². The Labute approximate surface area is 93.7 Å². The summed E-state index contributed by atoms with van der Waals surface area (Å²) in [4.78, 5) is 2.65. The second kappa shape index (κ2) is 5.98. The maximum absolute atomic E-state index is 8.06. The molecule has 15 heavy (non-hydrogen) atoms. The summed E-state index contributed by atoms with van der Waals surface area (Å²) in [7, 11) is 0. The molecular formula is C11H10ClN3. The lowest BCUT2D eigenvalue weighted by atomic mass is 10.1. The molecular weight excluding hydrogens is 210 g/mol. The van der Waals surface area contributed by atoms with E-state index in [1.54, 1.807) is 0 Å². The van der Waals surface area contributed by atoms with E-state index in [0.717, 1.165) is 11.1 Å². The van der Waals surface area contributed by atoms with Gasteiger partial charge in [0.1, 0.15) is 0 Å². The topological polar surface area (TPSA) is 48.8 Å². The highest BCUT2D eigenvalue weighted by Crippen LogP contribution is 2.14. The lowest BCUT2D eigenvalue weighted by Crippen LogP contribution is -1.82. The molecule has 0 N–H and O–H groups in total. The molecule has 1 rings (SSSR count). The van der Waals surface area contributed by atoms with Crippen molar-refractivity contribution in [3.05, 3.63) is 44.8 Å². The highest BCUT2D eigenvalue weighted by atomic mass is 35.5. The summed E-state index contributed by atoms with van der Waals surface area (Å²) in [6, 6.07) is 5.60. The summed E-state index contributed by atoms with van der Waals surface area (Å²) >= 11 is 5.85. The highest BCUT2D eigenvalue weighted by molar-refractivity contribution is 6.30. The van der Waals surface area contributed by atoms with Crippen molar-refractivity contribution in [1.29, 1.82) is 0 Å². The number of benzene rings is 1. The average molecular weight is 220 g/mol. The summed E-state index contributed by atoms with van der Waals surface area (Å²) in [5.41, 5.74) is 10.1. The summed E-state index contributed by atoms with van der Waals surface area (Å²) in [5.74, 6) is 5.93. The Balaban J connectivity index is 2.70. The van der Waals surface area contributed by atoms with E-state index in [2.05, 4.69) is 21.9 Å². The van der Waals surface area contributed by atoms with Crippen molar-refractivity contribution < 1.29 is 0 Å². The monoisotopic (exact) mass is 219 g/mol. The first-order valence-electron chi connectivity index (χ1n) is 4.50. The van der Waals surface area contributed by atoms with E-state index in [0.29, 0.717) is 18.0 Å². The smallest absolute Gasteiger partial charge is 0.0418 e. The summed E-state index contributed by atoms with van der Waals surface area (Å²) in [6.45, 7) is 2.39. The van der Waals surface area contributed by atoms with Gasteiger partial charge in [-0.05, 0) is 30.2 Å². The van der Waals surface area contributed by atoms with Crippen molar-refractivity contribution >= 4 is 11.6 Å². The molecule has 1 aromatic carbocycles. The third-order valence-electron chi connectivity index (χ3n) is 1.82. The van der Waals surface area contributed by atoms with Crippen LogP contribution >= 0.6 is 11.6 Å². The average Bonchev–Trinajstić information content (AvgIpc) is 2.23. The Kier molecular flexibility index (Phi) is 4.56. The molecule has 0 spiro atoms. The van der Waals surface area contributed by atoms with Gasteiger partial charge in [0, 0.05) is 28.5 Å². The van der Waals surface area contributed by atoms with Crippen LogP contribution in [0.4, 0.5) is 0 Å². The minimum absolute atomic E-state index is 0.406. The van der Waals surface area contributed by atoms with E-state index < -0.39 is 0 Å². The fourth-order valence-corrected chi connectivity index (χ4v) is 1.21. The van der Waals surface area contributed by atoms with Crippen LogP contribution in [-0.2, 0) is 0 Å². The predicted molar refractivity (Wildman–Crippen MR) is 61.7 cm³/mol. The molecule has 0 saturated carbocycles. The molecule has 0 fully saturated rings. The molecule has 0 atom stereocenters. The van der Waals surface area contributed by atoms with Crippen LogP contribution in [0.15, 0.2) is 23.3 Å². The number of halogens is 1. The van der Waals surface area contributed by atoms with Crippen molar-refractivity contribution in [1.82, 2.24) is 0 Å². The maximum Gasteiger partial charge on any atom is 0.0418 e. The van der Waals surface area contributed by atoms with Gasteiger partial charge in [0.15, 0.2) is 0 Å². The van der Waals surface area contributed by atoms with Gasteiger partial charge in [-0.15, -0.1) is 0 Å². The number of azide groups is 1. The first-order valence-corrected chi connectivity index (χ1v) is 4.87. The Hall–Kier alpha value is -1.62. The van der Waals surface area contributed by atoms with Crippen LogP contribution in [-0.4, -0.2) is 6.54 Å². The molecule has 76 valence electrons. The number of rotatable bonds is 2. The fourth-order valence-electron chi connectivity index (χ4n) is 1.04. The maximum atomic E-state index is 8.06. The zero-order valence-electron chi connectivity index (χ0n) is 8.37. The Bertz CT molecular complexity index is 451. The van der Waals surface area contributed by atoms with Crippen molar-refractivity contribution in [2.75, 3.05) is 6.54 Å². The van der Waals surface area contributed by atoms with Gasteiger partial charge in [0.25, 0.3) is 0 Å². The fraction of sp³-hybridized carbons (Fsp3) is 0.273. The van der Waals surface area contributed by atoms with E-state index in [4.69, 9.17) is 17.1 Å². The molecule has 4 heteroatoms. The predicted octanol–water partition coefficient (Wildman–Crippen LogP) is 3.70. The number of nitrogens with zero attached hydrogens (tertiary/aromatic N) is 3. The largest absolute Gasteiger partial charge is 0.0978 e. The second-order valence-electron chi connectivity index (χ2n) is 2.97. The molecule has 0 aliphatic rings. The van der Waals surface area contributed by atoms with Crippen LogP contribution in [0.2, 0.25) is 5.02 Å². The number of hydrogen-bond donors (Lipinski definition) is 0. The number of hydrogen-bond acceptors (Lipinski definition) is 1. The lowest BCUT2D eigenvalue weighted by molar-refractivity contribution is 1.01. The molecule has 0 aliphatic heterocycles. The van der Waals surface area contributed by atoms with Crippen LogP contribution in [0.3, 0.4) is 0 Å². The molecule has 3 nitrogen and oxygen atoms in total. The normalized spacial score (nSPS) is 8.67. The highest BCUT2D eigenvalue weighted by Gasteiger charge is 1.94. The molecule has 0 unspecified atom stereocenters. The second-order valence-corrected chi connectivity index (χ2v) is 3.40.